The molecule has 0 radical (unpaired) electrons. The molecule has 4 N–H and O–H groups in total. The Morgan fingerprint density at radius 2 is 1.83 bits per heavy atom. The number of amides is 3. The molecule has 3 heterocycles. The topological polar surface area (TPSA) is 160 Å². The highest BCUT2D eigenvalue weighted by Gasteiger charge is 2.65. The summed E-state index contributed by atoms with van der Waals surface area (Å²) in [4.78, 5) is 34.9. The number of aromatic carboxylic acids is 1. The molecule has 0 aromatic heterocycles. The lowest BCUT2D eigenvalue weighted by atomic mass is 10.0. The molecule has 41 heavy (non-hydrogen) atoms. The zero-order valence-corrected chi connectivity index (χ0v) is 22.9. The van der Waals surface area contributed by atoms with Gasteiger partial charge in [-0.3, -0.25) is 4.79 Å². The first-order valence-electron chi connectivity index (χ1n) is 13.2. The first-order chi connectivity index (χ1) is 19.6. The van der Waals surface area contributed by atoms with Gasteiger partial charge >= 0.3 is 23.8 Å². The molecule has 0 spiro atoms. The second-order valence-electron chi connectivity index (χ2n) is 9.68. The van der Waals surface area contributed by atoms with Gasteiger partial charge in [-0.1, -0.05) is 12.5 Å². The molecule has 0 bridgehead atoms. The van der Waals surface area contributed by atoms with E-state index in [1.165, 1.54) is 0 Å². The fraction of sp³-hybridized carbons (Fsp3) is 0.640. The van der Waals surface area contributed by atoms with Crippen LogP contribution in [0, 0.1) is 0 Å². The standard InChI is InChI=1S/C25H32F3N5O7S/c26-25(27,28)24(32-33-24)15-5-6-16(22(35)36)18(13-15)40-12-11-39-10-9-38-8-7-29-20(34)4-2-1-3-19-21-17(14-41-19)30-23(37)31-21/h5-6,13,17,19,21H,1-4,7-12,14H2,(H,29,34)(H,35,36)(H2,30,31,37)/t17?,19-,21?/m0/s1. The molecule has 1 aromatic carbocycles. The van der Waals surface area contributed by atoms with E-state index in [9.17, 15) is 32.7 Å². The predicted molar refractivity (Wildman–Crippen MR) is 140 cm³/mol. The molecular formula is C25H32F3N5O7S. The van der Waals surface area contributed by atoms with Crippen LogP contribution in [-0.4, -0.2) is 91.9 Å². The van der Waals surface area contributed by atoms with Gasteiger partial charge in [0.05, 0.1) is 38.5 Å². The number of carbonyl (C=O) groups is 3. The Kier molecular flexibility index (Phi) is 10.3. The monoisotopic (exact) mass is 603 g/mol. The molecule has 226 valence electrons. The molecule has 3 amide bonds. The Balaban J connectivity index is 1.01. The van der Waals surface area contributed by atoms with Crippen molar-refractivity contribution in [3.63, 3.8) is 0 Å². The summed E-state index contributed by atoms with van der Waals surface area (Å²) in [7, 11) is 0. The Morgan fingerprint density at radius 1 is 1.10 bits per heavy atom. The van der Waals surface area contributed by atoms with Crippen LogP contribution in [-0.2, 0) is 19.9 Å². The normalized spacial score (nSPS) is 22.1. The molecule has 3 aliphatic heterocycles. The smallest absolute Gasteiger partial charge is 0.442 e. The van der Waals surface area contributed by atoms with Gasteiger partial charge < -0.3 is 35.3 Å². The average Bonchev–Trinajstić information content (AvgIpc) is 3.56. The molecule has 16 heteroatoms. The minimum Gasteiger partial charge on any atom is -0.490 e. The largest absolute Gasteiger partial charge is 0.490 e. The van der Waals surface area contributed by atoms with Gasteiger partial charge in [0, 0.05) is 29.5 Å². The number of benzene rings is 1. The third-order valence-corrected chi connectivity index (χ3v) is 8.32. The van der Waals surface area contributed by atoms with Gasteiger partial charge in [-0.15, -0.1) is 10.2 Å². The van der Waals surface area contributed by atoms with E-state index < -0.39 is 17.8 Å². The van der Waals surface area contributed by atoms with Gasteiger partial charge in [0.25, 0.3) is 0 Å². The number of halogens is 3. The van der Waals surface area contributed by atoms with E-state index in [1.54, 1.807) is 0 Å². The first kappa shape index (κ1) is 30.8. The number of carbonyl (C=O) groups excluding carboxylic acids is 2. The lowest BCUT2D eigenvalue weighted by Gasteiger charge is -2.17. The van der Waals surface area contributed by atoms with Crippen molar-refractivity contribution in [3.8, 4) is 5.75 Å². The van der Waals surface area contributed by atoms with Crippen molar-refractivity contribution in [3.05, 3.63) is 29.3 Å². The highest BCUT2D eigenvalue weighted by atomic mass is 32.2. The van der Waals surface area contributed by atoms with Crippen LogP contribution < -0.4 is 20.7 Å². The number of fused-ring (bicyclic) bond motifs is 1. The highest BCUT2D eigenvalue weighted by Crippen LogP contribution is 2.53. The van der Waals surface area contributed by atoms with Crippen molar-refractivity contribution in [2.45, 2.75) is 54.9 Å². The molecule has 3 atom stereocenters. The van der Waals surface area contributed by atoms with E-state index >= 15 is 0 Å². The summed E-state index contributed by atoms with van der Waals surface area (Å²) in [5.41, 5.74) is -3.30. The zero-order valence-electron chi connectivity index (χ0n) is 22.1. The summed E-state index contributed by atoms with van der Waals surface area (Å²) in [6, 6.07) is 3.29. The minimum atomic E-state index is -4.74. The van der Waals surface area contributed by atoms with Crippen molar-refractivity contribution in [2.24, 2.45) is 10.2 Å². The van der Waals surface area contributed by atoms with Crippen LogP contribution in [0.2, 0.25) is 0 Å². The van der Waals surface area contributed by atoms with Gasteiger partial charge in [0.1, 0.15) is 17.9 Å². The quantitative estimate of drug-likeness (QED) is 0.156. The fourth-order valence-electron chi connectivity index (χ4n) is 4.64. The van der Waals surface area contributed by atoms with Crippen molar-refractivity contribution in [1.82, 2.24) is 16.0 Å². The maximum atomic E-state index is 13.3. The van der Waals surface area contributed by atoms with Gasteiger partial charge in [-0.25, -0.2) is 9.59 Å². The van der Waals surface area contributed by atoms with Crippen LogP contribution in [0.15, 0.2) is 28.4 Å². The van der Waals surface area contributed by atoms with Crippen molar-refractivity contribution >= 4 is 29.7 Å². The number of hydrogen-bond donors (Lipinski definition) is 4. The Labute approximate surface area is 238 Å². The molecule has 2 saturated heterocycles. The Morgan fingerprint density at radius 3 is 2.54 bits per heavy atom. The number of nitrogens with zero attached hydrogens (tertiary/aromatic N) is 2. The zero-order chi connectivity index (χ0) is 29.5. The van der Waals surface area contributed by atoms with E-state index in [-0.39, 0.29) is 67.3 Å². The van der Waals surface area contributed by atoms with Crippen LogP contribution >= 0.6 is 11.8 Å². The van der Waals surface area contributed by atoms with Crippen LogP contribution in [0.5, 0.6) is 5.75 Å². The summed E-state index contributed by atoms with van der Waals surface area (Å²) < 4.78 is 55.9. The van der Waals surface area contributed by atoms with Crippen molar-refractivity contribution in [1.29, 1.82) is 0 Å². The van der Waals surface area contributed by atoms with Crippen molar-refractivity contribution in [2.75, 3.05) is 45.3 Å². The maximum Gasteiger partial charge on any atom is 0.442 e. The number of hydrogen-bond acceptors (Lipinski definition) is 9. The number of alkyl halides is 3. The predicted octanol–water partition coefficient (Wildman–Crippen LogP) is 2.82. The van der Waals surface area contributed by atoms with Crippen LogP contribution in [0.4, 0.5) is 18.0 Å². The minimum absolute atomic E-state index is 0.0478. The SMILES string of the molecule is O=C(CCCC[C@@H]1SCC2NC(=O)NC21)NCCOCCOCCOc1cc(C2(C(F)(F)F)N=N2)ccc1C(=O)O. The second kappa shape index (κ2) is 13.7. The lowest BCUT2D eigenvalue weighted by molar-refractivity contribution is -0.166. The molecule has 12 nitrogen and oxygen atoms in total. The van der Waals surface area contributed by atoms with Crippen LogP contribution in [0.1, 0.15) is 41.6 Å². The number of unbranched alkanes of at least 4 members (excludes halogenated alkanes) is 1. The molecule has 3 aliphatic rings. The van der Waals surface area contributed by atoms with E-state index in [0.29, 0.717) is 24.8 Å². The van der Waals surface area contributed by atoms with Crippen molar-refractivity contribution < 1.29 is 46.9 Å². The molecule has 4 rings (SSSR count). The van der Waals surface area contributed by atoms with E-state index in [4.69, 9.17) is 14.2 Å². The van der Waals surface area contributed by atoms with Crippen LogP contribution in [0.3, 0.4) is 0 Å². The molecule has 0 aliphatic carbocycles. The number of rotatable bonds is 17. The maximum absolute atomic E-state index is 13.3. The summed E-state index contributed by atoms with van der Waals surface area (Å²) in [6.07, 6.45) is -1.69. The summed E-state index contributed by atoms with van der Waals surface area (Å²) in [6.45, 7) is 1.05. The van der Waals surface area contributed by atoms with E-state index in [2.05, 4.69) is 26.2 Å². The summed E-state index contributed by atoms with van der Waals surface area (Å²) in [5.74, 6) is -0.724. The average molecular weight is 604 g/mol. The molecular weight excluding hydrogens is 571 g/mol. The van der Waals surface area contributed by atoms with Gasteiger partial charge in [0.15, 0.2) is 0 Å². The summed E-state index contributed by atoms with van der Waals surface area (Å²) in [5, 5.41) is 24.6. The number of carboxylic acid groups (broad SMARTS) is 1. The first-order valence-corrected chi connectivity index (χ1v) is 14.3. The Bertz CT molecular complexity index is 1130. The van der Waals surface area contributed by atoms with Crippen LogP contribution in [0.25, 0.3) is 0 Å². The summed E-state index contributed by atoms with van der Waals surface area (Å²) >= 11 is 1.85. The number of urea groups is 1. The Hall–Kier alpha value is -3.11. The fourth-order valence-corrected chi connectivity index (χ4v) is 6.18. The van der Waals surface area contributed by atoms with Gasteiger partial charge in [0.2, 0.25) is 5.91 Å². The van der Waals surface area contributed by atoms with E-state index in [1.807, 2.05) is 11.8 Å². The van der Waals surface area contributed by atoms with Gasteiger partial charge in [-0.2, -0.15) is 24.9 Å². The molecule has 0 saturated carbocycles. The molecule has 1 aromatic rings. The third kappa shape index (κ3) is 8.01. The molecule has 2 unspecified atom stereocenters. The highest BCUT2D eigenvalue weighted by molar-refractivity contribution is 8.00. The number of nitrogens with one attached hydrogen (secondary N) is 3. The van der Waals surface area contributed by atoms with E-state index in [0.717, 1.165) is 43.2 Å². The third-order valence-electron chi connectivity index (χ3n) is 6.82. The van der Waals surface area contributed by atoms with Gasteiger partial charge in [-0.05, 0) is 25.0 Å². The molecule has 2 fully saturated rings. The lowest BCUT2D eigenvalue weighted by Crippen LogP contribution is -2.36. The number of thioether (sulfide) groups is 1. The number of ether oxygens (including phenoxy) is 3. The second-order valence-corrected chi connectivity index (χ2v) is 10.9. The number of carboxylic acids is 1.